The number of amides is 3. The van der Waals surface area contributed by atoms with Crippen molar-refractivity contribution < 1.29 is 19.6 Å². The van der Waals surface area contributed by atoms with Crippen molar-refractivity contribution in [2.24, 2.45) is 11.8 Å². The number of hydrogen-bond acceptors (Lipinski definition) is 7. The van der Waals surface area contributed by atoms with Gasteiger partial charge in [-0.2, -0.15) is 0 Å². The Hall–Kier alpha value is -2.59. The van der Waals surface area contributed by atoms with E-state index in [0.29, 0.717) is 42.6 Å². The van der Waals surface area contributed by atoms with Gasteiger partial charge in [0.25, 0.3) is 0 Å². The molecule has 1 aliphatic carbocycles. The predicted octanol–water partition coefficient (Wildman–Crippen LogP) is 0.873. The Bertz CT molecular complexity index is 722. The Morgan fingerprint density at radius 3 is 2.76 bits per heavy atom. The summed E-state index contributed by atoms with van der Waals surface area (Å²) < 4.78 is 0. The Kier molecular flexibility index (Phi) is 7.10. The smallest absolute Gasteiger partial charge is 0.250 e. The highest BCUT2D eigenvalue weighted by Crippen LogP contribution is 2.31. The Labute approximate surface area is 169 Å². The third kappa shape index (κ3) is 5.48. The number of rotatable bonds is 8. The zero-order chi connectivity index (χ0) is 20.8. The van der Waals surface area contributed by atoms with Gasteiger partial charge in [-0.1, -0.05) is 25.7 Å². The molecule has 0 radical (unpaired) electrons. The SMILES string of the molecule is Cc1cnc(NC(=O)C2CCNN2C(=O)C(CC2CCCC2)CN(O)C=O)cn1. The van der Waals surface area contributed by atoms with Crippen LogP contribution in [-0.4, -0.2) is 62.6 Å². The lowest BCUT2D eigenvalue weighted by Gasteiger charge is -2.29. The summed E-state index contributed by atoms with van der Waals surface area (Å²) in [6.07, 6.45) is 8.71. The molecule has 2 unspecified atom stereocenters. The molecule has 1 saturated carbocycles. The summed E-state index contributed by atoms with van der Waals surface area (Å²) in [4.78, 5) is 45.0. The maximum Gasteiger partial charge on any atom is 0.250 e. The number of carbonyl (C=O) groups excluding carboxylic acids is 3. The summed E-state index contributed by atoms with van der Waals surface area (Å²) in [5, 5.41) is 14.2. The highest BCUT2D eigenvalue weighted by molar-refractivity contribution is 5.97. The minimum Gasteiger partial charge on any atom is -0.308 e. The number of aryl methyl sites for hydroxylation is 1. The zero-order valence-electron chi connectivity index (χ0n) is 16.6. The first-order valence-electron chi connectivity index (χ1n) is 10.0. The van der Waals surface area contributed by atoms with E-state index in [-0.39, 0.29) is 18.4 Å². The topological polar surface area (TPSA) is 128 Å². The molecule has 2 aliphatic rings. The third-order valence-corrected chi connectivity index (χ3v) is 5.55. The summed E-state index contributed by atoms with van der Waals surface area (Å²) in [6, 6.07) is -0.694. The van der Waals surface area contributed by atoms with Crippen LogP contribution in [0.2, 0.25) is 0 Å². The lowest BCUT2D eigenvalue weighted by molar-refractivity contribution is -0.159. The maximum atomic E-state index is 13.2. The number of aromatic nitrogens is 2. The van der Waals surface area contributed by atoms with Gasteiger partial charge in [0.1, 0.15) is 6.04 Å². The molecular formula is C19H28N6O4. The average Bonchev–Trinajstić information content (AvgIpc) is 3.40. The fraction of sp³-hybridized carbons (Fsp3) is 0.632. The number of hydrazine groups is 1. The van der Waals surface area contributed by atoms with Crippen LogP contribution in [0.5, 0.6) is 0 Å². The van der Waals surface area contributed by atoms with Crippen molar-refractivity contribution in [3.63, 3.8) is 0 Å². The Balaban J connectivity index is 1.68. The molecule has 0 bridgehead atoms. The van der Waals surface area contributed by atoms with Crippen molar-refractivity contribution in [3.8, 4) is 0 Å². The van der Waals surface area contributed by atoms with E-state index in [0.717, 1.165) is 31.4 Å². The van der Waals surface area contributed by atoms with E-state index >= 15 is 0 Å². The fourth-order valence-electron chi connectivity index (χ4n) is 4.07. The van der Waals surface area contributed by atoms with Gasteiger partial charge in [0.15, 0.2) is 5.82 Å². The summed E-state index contributed by atoms with van der Waals surface area (Å²) in [6.45, 7) is 2.19. The third-order valence-electron chi connectivity index (χ3n) is 5.55. The zero-order valence-corrected chi connectivity index (χ0v) is 16.6. The van der Waals surface area contributed by atoms with Crippen LogP contribution >= 0.6 is 0 Å². The molecule has 0 aromatic carbocycles. The lowest BCUT2D eigenvalue weighted by atomic mass is 9.92. The van der Waals surface area contributed by atoms with Crippen molar-refractivity contribution in [1.29, 1.82) is 0 Å². The van der Waals surface area contributed by atoms with Crippen molar-refractivity contribution >= 4 is 24.0 Å². The summed E-state index contributed by atoms with van der Waals surface area (Å²) in [5.41, 5.74) is 3.71. The van der Waals surface area contributed by atoms with Gasteiger partial charge in [0.05, 0.1) is 30.6 Å². The Morgan fingerprint density at radius 1 is 1.34 bits per heavy atom. The molecule has 10 heteroatoms. The van der Waals surface area contributed by atoms with Gasteiger partial charge in [0.2, 0.25) is 18.2 Å². The summed E-state index contributed by atoms with van der Waals surface area (Å²) in [5.74, 6) is -0.497. The first-order chi connectivity index (χ1) is 14.0. The minimum atomic E-state index is -0.694. The second-order valence-corrected chi connectivity index (χ2v) is 7.76. The van der Waals surface area contributed by atoms with Crippen LogP contribution in [0.15, 0.2) is 12.4 Å². The van der Waals surface area contributed by atoms with Crippen LogP contribution in [0.3, 0.4) is 0 Å². The molecule has 0 spiro atoms. The van der Waals surface area contributed by atoms with Crippen LogP contribution < -0.4 is 10.7 Å². The molecule has 10 nitrogen and oxygen atoms in total. The average molecular weight is 404 g/mol. The molecule has 2 fully saturated rings. The highest BCUT2D eigenvalue weighted by Gasteiger charge is 2.39. The lowest BCUT2D eigenvalue weighted by Crippen LogP contribution is -2.51. The minimum absolute atomic E-state index is 0.0885. The van der Waals surface area contributed by atoms with Gasteiger partial charge in [-0.05, 0) is 25.7 Å². The second kappa shape index (κ2) is 9.75. The number of anilines is 1. The molecule has 1 aromatic heterocycles. The fourth-order valence-corrected chi connectivity index (χ4v) is 4.07. The number of nitrogens with one attached hydrogen (secondary N) is 2. The van der Waals surface area contributed by atoms with Crippen molar-refractivity contribution in [1.82, 2.24) is 25.5 Å². The van der Waals surface area contributed by atoms with Gasteiger partial charge >= 0.3 is 0 Å². The van der Waals surface area contributed by atoms with Crippen molar-refractivity contribution in [2.45, 2.75) is 51.5 Å². The van der Waals surface area contributed by atoms with E-state index in [9.17, 15) is 19.6 Å². The van der Waals surface area contributed by atoms with Gasteiger partial charge in [-0.25, -0.2) is 15.5 Å². The van der Waals surface area contributed by atoms with Gasteiger partial charge in [0, 0.05) is 6.54 Å². The number of hydroxylamine groups is 2. The first-order valence-corrected chi connectivity index (χ1v) is 10.0. The molecule has 3 N–H and O–H groups in total. The van der Waals surface area contributed by atoms with E-state index in [1.165, 1.54) is 11.2 Å². The van der Waals surface area contributed by atoms with Gasteiger partial charge in [-0.3, -0.25) is 29.6 Å². The largest absolute Gasteiger partial charge is 0.308 e. The molecule has 2 atom stereocenters. The molecule has 1 saturated heterocycles. The van der Waals surface area contributed by atoms with Crippen LogP contribution in [0.4, 0.5) is 5.82 Å². The Morgan fingerprint density at radius 2 is 2.10 bits per heavy atom. The molecule has 2 heterocycles. The van der Waals surface area contributed by atoms with Crippen LogP contribution in [0.25, 0.3) is 0 Å². The van der Waals surface area contributed by atoms with E-state index < -0.39 is 12.0 Å². The number of nitrogens with zero attached hydrogens (tertiary/aromatic N) is 4. The van der Waals surface area contributed by atoms with E-state index in [2.05, 4.69) is 20.7 Å². The summed E-state index contributed by atoms with van der Waals surface area (Å²) >= 11 is 0. The van der Waals surface area contributed by atoms with Gasteiger partial charge < -0.3 is 5.32 Å². The van der Waals surface area contributed by atoms with Crippen LogP contribution in [0.1, 0.15) is 44.2 Å². The number of carbonyl (C=O) groups is 3. The van der Waals surface area contributed by atoms with E-state index in [4.69, 9.17) is 0 Å². The summed E-state index contributed by atoms with van der Waals surface area (Å²) in [7, 11) is 0. The molecule has 29 heavy (non-hydrogen) atoms. The molecular weight excluding hydrogens is 376 g/mol. The molecule has 3 amide bonds. The second-order valence-electron chi connectivity index (χ2n) is 7.76. The molecule has 1 aromatic rings. The van der Waals surface area contributed by atoms with E-state index in [1.807, 2.05) is 0 Å². The molecule has 1 aliphatic heterocycles. The van der Waals surface area contributed by atoms with Crippen molar-refractivity contribution in [2.75, 3.05) is 18.4 Å². The first kappa shape index (κ1) is 21.1. The normalized spacial score (nSPS) is 20.5. The number of hydrogen-bond donors (Lipinski definition) is 3. The van der Waals surface area contributed by atoms with Crippen LogP contribution in [0, 0.1) is 18.8 Å². The molecule has 3 rings (SSSR count). The van der Waals surface area contributed by atoms with Gasteiger partial charge in [-0.15, -0.1) is 0 Å². The monoisotopic (exact) mass is 404 g/mol. The van der Waals surface area contributed by atoms with E-state index in [1.54, 1.807) is 13.1 Å². The predicted molar refractivity (Wildman–Crippen MR) is 103 cm³/mol. The van der Waals surface area contributed by atoms with Crippen LogP contribution in [-0.2, 0) is 14.4 Å². The standard InChI is InChI=1S/C19H28N6O4/c1-13-9-21-17(10-20-13)23-18(27)16-6-7-22-25(16)19(28)15(11-24(29)12-26)8-14-4-2-3-5-14/h9-10,12,14-16,22,29H,2-8,11H2,1H3,(H,21,23,27). The quantitative estimate of drug-likeness (QED) is 0.333. The van der Waals surface area contributed by atoms with Crippen molar-refractivity contribution in [3.05, 3.63) is 18.1 Å². The molecule has 158 valence electrons. The highest BCUT2D eigenvalue weighted by atomic mass is 16.5. The maximum absolute atomic E-state index is 13.2.